The number of amides is 1. The first-order valence-electron chi connectivity index (χ1n) is 8.26. The van der Waals surface area contributed by atoms with Crippen LogP contribution in [0.2, 0.25) is 0 Å². The number of benzene rings is 1. The Morgan fingerprint density at radius 3 is 2.70 bits per heavy atom. The van der Waals surface area contributed by atoms with E-state index in [4.69, 9.17) is 4.74 Å². The number of carbonyl (C=O) groups is 1. The number of pyridine rings is 1. The van der Waals surface area contributed by atoms with Crippen LogP contribution in [0.25, 0.3) is 11.3 Å². The number of hydrogen-bond donors (Lipinski definition) is 1. The number of anilines is 1. The van der Waals surface area contributed by atoms with E-state index < -0.39 is 0 Å². The molecule has 2 aromatic rings. The van der Waals surface area contributed by atoms with E-state index in [0.717, 1.165) is 23.4 Å². The van der Waals surface area contributed by atoms with Gasteiger partial charge in [-0.25, -0.2) is 0 Å². The van der Waals surface area contributed by atoms with E-state index in [1.165, 1.54) is 12.8 Å². The van der Waals surface area contributed by atoms with Crippen LogP contribution in [0.3, 0.4) is 0 Å². The maximum atomic E-state index is 12.7. The summed E-state index contributed by atoms with van der Waals surface area (Å²) in [7, 11) is 0. The molecule has 23 heavy (non-hydrogen) atoms. The highest BCUT2D eigenvalue weighted by Gasteiger charge is 2.43. The molecule has 4 nitrogen and oxygen atoms in total. The van der Waals surface area contributed by atoms with Crippen molar-refractivity contribution >= 4 is 11.6 Å². The molecule has 1 aliphatic carbocycles. The molecule has 1 aliphatic heterocycles. The second-order valence-electron chi connectivity index (χ2n) is 6.32. The fourth-order valence-corrected chi connectivity index (χ4v) is 3.34. The molecule has 0 spiro atoms. The Bertz CT molecular complexity index is 698. The minimum atomic E-state index is -0.0358. The second kappa shape index (κ2) is 6.13. The quantitative estimate of drug-likeness (QED) is 0.940. The van der Waals surface area contributed by atoms with E-state index in [-0.39, 0.29) is 17.9 Å². The van der Waals surface area contributed by atoms with Crippen LogP contribution in [0.15, 0.2) is 48.7 Å². The molecule has 2 fully saturated rings. The van der Waals surface area contributed by atoms with E-state index in [1.807, 2.05) is 42.5 Å². The maximum Gasteiger partial charge on any atom is 0.230 e. The van der Waals surface area contributed by atoms with Crippen LogP contribution in [0.1, 0.15) is 19.3 Å². The zero-order valence-corrected chi connectivity index (χ0v) is 12.9. The van der Waals surface area contributed by atoms with Gasteiger partial charge in [0.1, 0.15) is 0 Å². The average molecular weight is 308 g/mol. The van der Waals surface area contributed by atoms with Crippen molar-refractivity contribution in [2.75, 3.05) is 11.9 Å². The molecule has 1 aromatic heterocycles. The van der Waals surface area contributed by atoms with Gasteiger partial charge in [0.25, 0.3) is 0 Å². The predicted molar refractivity (Wildman–Crippen MR) is 88.9 cm³/mol. The van der Waals surface area contributed by atoms with E-state index in [0.29, 0.717) is 12.5 Å². The summed E-state index contributed by atoms with van der Waals surface area (Å²) in [6, 6.07) is 13.7. The SMILES string of the molecule is O=C(Nc1cccnc1-c1ccccc1)[C@@H]1CCO[C@H]1C1CC1. The van der Waals surface area contributed by atoms with Crippen molar-refractivity contribution in [3.8, 4) is 11.3 Å². The molecular weight excluding hydrogens is 288 g/mol. The summed E-state index contributed by atoms with van der Waals surface area (Å²) in [4.78, 5) is 17.2. The van der Waals surface area contributed by atoms with Gasteiger partial charge < -0.3 is 10.1 Å². The molecule has 1 N–H and O–H groups in total. The van der Waals surface area contributed by atoms with Gasteiger partial charge in [0, 0.05) is 18.4 Å². The van der Waals surface area contributed by atoms with E-state index >= 15 is 0 Å². The van der Waals surface area contributed by atoms with Gasteiger partial charge in [0.2, 0.25) is 5.91 Å². The highest BCUT2D eigenvalue weighted by Crippen LogP contribution is 2.41. The third-order valence-corrected chi connectivity index (χ3v) is 4.67. The average Bonchev–Trinajstić information content (AvgIpc) is 3.32. The Labute approximate surface area is 135 Å². The van der Waals surface area contributed by atoms with Crippen molar-refractivity contribution in [3.63, 3.8) is 0 Å². The Morgan fingerprint density at radius 1 is 1.09 bits per heavy atom. The molecule has 2 heterocycles. The van der Waals surface area contributed by atoms with Crippen molar-refractivity contribution in [2.45, 2.75) is 25.4 Å². The fraction of sp³-hybridized carbons (Fsp3) is 0.368. The summed E-state index contributed by atoms with van der Waals surface area (Å²) in [5.74, 6) is 0.603. The Balaban J connectivity index is 1.56. The lowest BCUT2D eigenvalue weighted by molar-refractivity contribution is -0.121. The first kappa shape index (κ1) is 14.4. The summed E-state index contributed by atoms with van der Waals surface area (Å²) in [6.45, 7) is 0.692. The predicted octanol–water partition coefficient (Wildman–Crippen LogP) is 3.50. The van der Waals surface area contributed by atoms with Gasteiger partial charge >= 0.3 is 0 Å². The maximum absolute atomic E-state index is 12.7. The lowest BCUT2D eigenvalue weighted by Gasteiger charge is -2.18. The van der Waals surface area contributed by atoms with Gasteiger partial charge in [-0.15, -0.1) is 0 Å². The molecule has 1 amide bonds. The summed E-state index contributed by atoms with van der Waals surface area (Å²) in [5, 5.41) is 3.08. The molecule has 4 heteroatoms. The molecule has 0 bridgehead atoms. The van der Waals surface area contributed by atoms with Crippen molar-refractivity contribution in [2.24, 2.45) is 11.8 Å². The van der Waals surface area contributed by atoms with Crippen molar-refractivity contribution in [3.05, 3.63) is 48.7 Å². The lowest BCUT2D eigenvalue weighted by atomic mass is 9.96. The number of nitrogens with zero attached hydrogens (tertiary/aromatic N) is 1. The highest BCUT2D eigenvalue weighted by atomic mass is 16.5. The summed E-state index contributed by atoms with van der Waals surface area (Å²) in [6.07, 6.45) is 5.05. The Hall–Kier alpha value is -2.20. The molecule has 1 saturated carbocycles. The summed E-state index contributed by atoms with van der Waals surface area (Å²) in [5.41, 5.74) is 2.58. The first-order chi connectivity index (χ1) is 11.3. The molecule has 1 aromatic carbocycles. The van der Waals surface area contributed by atoms with Crippen LogP contribution in [0.5, 0.6) is 0 Å². The van der Waals surface area contributed by atoms with Gasteiger partial charge in [0.05, 0.1) is 23.4 Å². The van der Waals surface area contributed by atoms with E-state index in [9.17, 15) is 4.79 Å². The molecule has 2 aliphatic rings. The monoisotopic (exact) mass is 308 g/mol. The van der Waals surface area contributed by atoms with E-state index in [2.05, 4.69) is 10.3 Å². The minimum Gasteiger partial charge on any atom is -0.377 e. The van der Waals surface area contributed by atoms with Crippen LogP contribution < -0.4 is 5.32 Å². The molecule has 0 unspecified atom stereocenters. The van der Waals surface area contributed by atoms with Crippen molar-refractivity contribution in [1.29, 1.82) is 0 Å². The molecule has 2 atom stereocenters. The van der Waals surface area contributed by atoms with Crippen LogP contribution in [0.4, 0.5) is 5.69 Å². The smallest absolute Gasteiger partial charge is 0.230 e. The van der Waals surface area contributed by atoms with Gasteiger partial charge in [-0.1, -0.05) is 30.3 Å². The summed E-state index contributed by atoms with van der Waals surface area (Å²) >= 11 is 0. The number of nitrogens with one attached hydrogen (secondary N) is 1. The van der Waals surface area contributed by atoms with E-state index in [1.54, 1.807) is 6.20 Å². The van der Waals surface area contributed by atoms with Gasteiger partial charge in [0.15, 0.2) is 0 Å². The third kappa shape index (κ3) is 2.99. The van der Waals surface area contributed by atoms with Crippen LogP contribution in [-0.4, -0.2) is 23.6 Å². The van der Waals surface area contributed by atoms with Crippen LogP contribution >= 0.6 is 0 Å². The standard InChI is InChI=1S/C19H20N2O2/c22-19(15-10-12-23-18(15)14-8-9-14)21-16-7-4-11-20-17(16)13-5-2-1-3-6-13/h1-7,11,14-15,18H,8-10,12H2,(H,21,22)/t15-,18+/m1/s1. The third-order valence-electron chi connectivity index (χ3n) is 4.67. The van der Waals surface area contributed by atoms with Gasteiger partial charge in [-0.2, -0.15) is 0 Å². The zero-order valence-electron chi connectivity index (χ0n) is 12.9. The number of carbonyl (C=O) groups excluding carboxylic acids is 1. The molecule has 1 saturated heterocycles. The summed E-state index contributed by atoms with van der Waals surface area (Å²) < 4.78 is 5.79. The van der Waals surface area contributed by atoms with Gasteiger partial charge in [-0.3, -0.25) is 9.78 Å². The molecule has 118 valence electrons. The number of ether oxygens (including phenoxy) is 1. The van der Waals surface area contributed by atoms with Crippen molar-refractivity contribution in [1.82, 2.24) is 4.98 Å². The van der Waals surface area contributed by atoms with Crippen molar-refractivity contribution < 1.29 is 9.53 Å². The minimum absolute atomic E-state index is 0.0358. The molecular formula is C19H20N2O2. The molecule has 4 rings (SSSR count). The fourth-order valence-electron chi connectivity index (χ4n) is 3.34. The Morgan fingerprint density at radius 2 is 1.91 bits per heavy atom. The largest absolute Gasteiger partial charge is 0.377 e. The highest BCUT2D eigenvalue weighted by molar-refractivity contribution is 5.96. The second-order valence-corrected chi connectivity index (χ2v) is 6.32. The lowest BCUT2D eigenvalue weighted by Crippen LogP contribution is -2.31. The normalized spacial score (nSPS) is 23.7. The van der Waals surface area contributed by atoms with Crippen LogP contribution in [0, 0.1) is 11.8 Å². The Kier molecular flexibility index (Phi) is 3.83. The molecule has 0 radical (unpaired) electrons. The number of hydrogen-bond acceptors (Lipinski definition) is 3. The van der Waals surface area contributed by atoms with Crippen LogP contribution in [-0.2, 0) is 9.53 Å². The first-order valence-corrected chi connectivity index (χ1v) is 8.26. The van der Waals surface area contributed by atoms with Gasteiger partial charge in [-0.05, 0) is 37.3 Å². The number of aromatic nitrogens is 1. The number of rotatable bonds is 4. The topological polar surface area (TPSA) is 51.2 Å². The zero-order chi connectivity index (χ0) is 15.6.